The average Bonchev–Trinajstić information content (AvgIpc) is 2.26. The van der Waals surface area contributed by atoms with Gasteiger partial charge < -0.3 is 9.84 Å². The molecule has 1 aromatic carbocycles. The Hall–Kier alpha value is -1.91. The maximum atomic E-state index is 13.3. The first-order valence-electron chi connectivity index (χ1n) is 4.42. The summed E-state index contributed by atoms with van der Waals surface area (Å²) in [6, 6.07) is 0.818. The Morgan fingerprint density at radius 1 is 1.62 bits per heavy atom. The number of esters is 1. The van der Waals surface area contributed by atoms with Crippen molar-refractivity contribution in [1.29, 1.82) is 0 Å². The summed E-state index contributed by atoms with van der Waals surface area (Å²) in [5.41, 5.74) is -0.714. The number of carbonyl (C=O) groups excluding carboxylic acids is 1. The van der Waals surface area contributed by atoms with Crippen molar-refractivity contribution in [2.75, 3.05) is 7.11 Å². The van der Waals surface area contributed by atoms with E-state index in [1.165, 1.54) is 6.08 Å². The third kappa shape index (κ3) is 2.03. The third-order valence-electron chi connectivity index (χ3n) is 2.02. The van der Waals surface area contributed by atoms with Crippen LogP contribution in [0.5, 0.6) is 5.75 Å². The quantitative estimate of drug-likeness (QED) is 0.637. The molecule has 0 amide bonds. The van der Waals surface area contributed by atoms with Crippen LogP contribution in [0.25, 0.3) is 0 Å². The normalized spacial score (nSPS) is 9.94. The maximum absolute atomic E-state index is 13.3. The molecule has 5 heteroatoms. The Morgan fingerprint density at radius 2 is 2.25 bits per heavy atom. The first-order chi connectivity index (χ1) is 7.52. The molecule has 0 aliphatic carbocycles. The van der Waals surface area contributed by atoms with E-state index in [0.29, 0.717) is 0 Å². The predicted octanol–water partition coefficient (Wildman–Crippen LogP) is 2.19. The molecular formula is C11H10F2O3. The lowest BCUT2D eigenvalue weighted by Gasteiger charge is -2.09. The Balaban J connectivity index is 3.44. The van der Waals surface area contributed by atoms with Gasteiger partial charge >= 0.3 is 5.97 Å². The van der Waals surface area contributed by atoms with Gasteiger partial charge in [0.25, 0.3) is 0 Å². The second-order valence-electron chi connectivity index (χ2n) is 3.04. The van der Waals surface area contributed by atoms with Gasteiger partial charge in [-0.2, -0.15) is 0 Å². The van der Waals surface area contributed by atoms with E-state index in [1.807, 2.05) is 0 Å². The van der Waals surface area contributed by atoms with Crippen LogP contribution in [0.2, 0.25) is 0 Å². The van der Waals surface area contributed by atoms with Gasteiger partial charge in [-0.25, -0.2) is 13.6 Å². The SMILES string of the molecule is C=CCc1cc(F)c(F)c(C(=O)OC)c1O. The van der Waals surface area contributed by atoms with Gasteiger partial charge in [0, 0.05) is 5.56 Å². The zero-order valence-corrected chi connectivity index (χ0v) is 8.59. The summed E-state index contributed by atoms with van der Waals surface area (Å²) in [5, 5.41) is 9.57. The lowest BCUT2D eigenvalue weighted by atomic mass is 10.0. The molecule has 0 aromatic heterocycles. The molecule has 3 nitrogen and oxygen atoms in total. The molecule has 0 saturated heterocycles. The molecule has 0 unspecified atom stereocenters. The highest BCUT2D eigenvalue weighted by atomic mass is 19.2. The van der Waals surface area contributed by atoms with Crippen molar-refractivity contribution >= 4 is 5.97 Å². The van der Waals surface area contributed by atoms with Crippen molar-refractivity contribution in [3.63, 3.8) is 0 Å². The fourth-order valence-corrected chi connectivity index (χ4v) is 1.27. The smallest absolute Gasteiger partial charge is 0.344 e. The zero-order chi connectivity index (χ0) is 12.3. The molecule has 0 aliphatic heterocycles. The molecular weight excluding hydrogens is 218 g/mol. The van der Waals surface area contributed by atoms with E-state index in [-0.39, 0.29) is 12.0 Å². The Labute approximate surface area is 91.0 Å². The molecule has 0 aliphatic rings. The van der Waals surface area contributed by atoms with Crippen LogP contribution in [-0.4, -0.2) is 18.2 Å². The third-order valence-corrected chi connectivity index (χ3v) is 2.02. The summed E-state index contributed by atoms with van der Waals surface area (Å²) in [4.78, 5) is 11.1. The van der Waals surface area contributed by atoms with E-state index in [4.69, 9.17) is 0 Å². The van der Waals surface area contributed by atoms with Crippen LogP contribution in [0.4, 0.5) is 8.78 Å². The van der Waals surface area contributed by atoms with Gasteiger partial charge in [-0.15, -0.1) is 6.58 Å². The largest absolute Gasteiger partial charge is 0.507 e. The number of phenolic OH excluding ortho intramolecular Hbond substituents is 1. The van der Waals surface area contributed by atoms with Crippen molar-refractivity contribution in [2.24, 2.45) is 0 Å². The van der Waals surface area contributed by atoms with Crippen LogP contribution in [0.3, 0.4) is 0 Å². The molecule has 16 heavy (non-hydrogen) atoms. The first-order valence-corrected chi connectivity index (χ1v) is 4.42. The Morgan fingerprint density at radius 3 is 2.75 bits per heavy atom. The van der Waals surface area contributed by atoms with Crippen molar-refractivity contribution < 1.29 is 23.4 Å². The number of carbonyl (C=O) groups is 1. The number of hydrogen-bond acceptors (Lipinski definition) is 3. The average molecular weight is 228 g/mol. The number of allylic oxidation sites excluding steroid dienone is 1. The van der Waals surface area contributed by atoms with E-state index in [0.717, 1.165) is 13.2 Å². The number of ether oxygens (including phenoxy) is 1. The summed E-state index contributed by atoms with van der Waals surface area (Å²) in [7, 11) is 1.01. The van der Waals surface area contributed by atoms with Crippen molar-refractivity contribution in [3.05, 3.63) is 41.5 Å². The van der Waals surface area contributed by atoms with Gasteiger partial charge in [0.2, 0.25) is 0 Å². The number of aromatic hydroxyl groups is 1. The molecule has 0 spiro atoms. The van der Waals surface area contributed by atoms with E-state index >= 15 is 0 Å². The lowest BCUT2D eigenvalue weighted by Crippen LogP contribution is -2.08. The molecule has 0 bridgehead atoms. The summed E-state index contributed by atoms with van der Waals surface area (Å²) in [6.07, 6.45) is 1.51. The van der Waals surface area contributed by atoms with Crippen LogP contribution in [0.1, 0.15) is 15.9 Å². The minimum absolute atomic E-state index is 0.0781. The highest BCUT2D eigenvalue weighted by Gasteiger charge is 2.23. The molecule has 0 atom stereocenters. The first kappa shape index (κ1) is 12.2. The van der Waals surface area contributed by atoms with Crippen molar-refractivity contribution in [2.45, 2.75) is 6.42 Å². The number of halogens is 2. The van der Waals surface area contributed by atoms with Gasteiger partial charge in [0.15, 0.2) is 11.6 Å². The van der Waals surface area contributed by atoms with Crippen LogP contribution in [-0.2, 0) is 11.2 Å². The van der Waals surface area contributed by atoms with Gasteiger partial charge in [0.05, 0.1) is 7.11 Å². The second kappa shape index (κ2) is 4.74. The number of rotatable bonds is 3. The second-order valence-corrected chi connectivity index (χ2v) is 3.04. The Kier molecular flexibility index (Phi) is 3.60. The molecule has 0 radical (unpaired) electrons. The van der Waals surface area contributed by atoms with Gasteiger partial charge in [-0.3, -0.25) is 0 Å². The zero-order valence-electron chi connectivity index (χ0n) is 8.59. The number of hydrogen-bond donors (Lipinski definition) is 1. The molecule has 1 aromatic rings. The number of methoxy groups -OCH3 is 1. The topological polar surface area (TPSA) is 46.5 Å². The fourth-order valence-electron chi connectivity index (χ4n) is 1.27. The van der Waals surface area contributed by atoms with Crippen molar-refractivity contribution in [3.8, 4) is 5.75 Å². The van der Waals surface area contributed by atoms with E-state index in [1.54, 1.807) is 0 Å². The van der Waals surface area contributed by atoms with Gasteiger partial charge in [-0.1, -0.05) is 6.08 Å². The molecule has 0 heterocycles. The van der Waals surface area contributed by atoms with Crippen LogP contribution in [0.15, 0.2) is 18.7 Å². The summed E-state index contributed by atoms with van der Waals surface area (Å²) < 4.78 is 30.6. The summed E-state index contributed by atoms with van der Waals surface area (Å²) in [6.45, 7) is 3.40. The van der Waals surface area contributed by atoms with E-state index in [9.17, 15) is 18.7 Å². The van der Waals surface area contributed by atoms with Gasteiger partial charge in [0.1, 0.15) is 11.3 Å². The van der Waals surface area contributed by atoms with E-state index < -0.39 is 28.9 Å². The minimum Gasteiger partial charge on any atom is -0.507 e. The highest BCUT2D eigenvalue weighted by molar-refractivity contribution is 5.93. The predicted molar refractivity (Wildman–Crippen MR) is 53.3 cm³/mol. The molecule has 1 rings (SSSR count). The molecule has 86 valence electrons. The lowest BCUT2D eigenvalue weighted by molar-refractivity contribution is 0.0590. The number of phenols is 1. The highest BCUT2D eigenvalue weighted by Crippen LogP contribution is 2.28. The van der Waals surface area contributed by atoms with Crippen LogP contribution >= 0.6 is 0 Å². The van der Waals surface area contributed by atoms with Crippen LogP contribution < -0.4 is 0 Å². The standard InChI is InChI=1S/C11H10F2O3/c1-3-4-6-5-7(12)9(13)8(10(6)14)11(15)16-2/h3,5,14H,1,4H2,2H3. The van der Waals surface area contributed by atoms with Crippen LogP contribution in [0, 0.1) is 11.6 Å². The summed E-state index contributed by atoms with van der Waals surface area (Å²) in [5.74, 6) is -4.38. The van der Waals surface area contributed by atoms with Gasteiger partial charge in [-0.05, 0) is 12.5 Å². The molecule has 0 fully saturated rings. The monoisotopic (exact) mass is 228 g/mol. The maximum Gasteiger partial charge on any atom is 0.344 e. The summed E-state index contributed by atoms with van der Waals surface area (Å²) >= 11 is 0. The molecule has 0 saturated carbocycles. The Bertz CT molecular complexity index is 441. The minimum atomic E-state index is -1.42. The fraction of sp³-hybridized carbons (Fsp3) is 0.182. The number of benzene rings is 1. The molecule has 1 N–H and O–H groups in total. The van der Waals surface area contributed by atoms with Crippen molar-refractivity contribution in [1.82, 2.24) is 0 Å². The van der Waals surface area contributed by atoms with E-state index in [2.05, 4.69) is 11.3 Å².